The normalized spacial score (nSPS) is 10.6. The van der Waals surface area contributed by atoms with Crippen molar-refractivity contribution in [2.75, 3.05) is 0 Å². The van der Waals surface area contributed by atoms with Crippen LogP contribution in [0.5, 0.6) is 0 Å². The van der Waals surface area contributed by atoms with E-state index >= 15 is 0 Å². The second-order valence-corrected chi connectivity index (χ2v) is 3.75. The maximum atomic E-state index is 4.96. The number of nitrogens with zero attached hydrogens (tertiary/aromatic N) is 2. The van der Waals surface area contributed by atoms with Gasteiger partial charge in [-0.05, 0) is 29.3 Å². The fraction of sp³-hybridized carbons (Fsp3) is 0.333. The molecular weight excluding hydrogens is 198 g/mol. The van der Waals surface area contributed by atoms with Gasteiger partial charge in [-0.1, -0.05) is 5.16 Å². The van der Waals surface area contributed by atoms with E-state index in [0.29, 0.717) is 18.3 Å². The van der Waals surface area contributed by atoms with E-state index in [4.69, 9.17) is 4.52 Å². The van der Waals surface area contributed by atoms with Crippen LogP contribution in [-0.2, 0) is 13.1 Å². The molecule has 2 aromatic rings. The third-order valence-electron chi connectivity index (χ3n) is 1.76. The van der Waals surface area contributed by atoms with E-state index in [2.05, 4.69) is 32.3 Å². The van der Waals surface area contributed by atoms with Gasteiger partial charge >= 0.3 is 0 Å². The number of hydrogen-bond donors (Lipinski definition) is 1. The van der Waals surface area contributed by atoms with E-state index in [0.717, 1.165) is 6.54 Å². The summed E-state index contributed by atoms with van der Waals surface area (Å²) >= 11 is 1.70. The van der Waals surface area contributed by atoms with Crippen molar-refractivity contribution in [2.24, 2.45) is 0 Å². The molecule has 0 saturated carbocycles. The first kappa shape index (κ1) is 9.36. The molecule has 0 radical (unpaired) electrons. The van der Waals surface area contributed by atoms with Gasteiger partial charge in [-0.15, -0.1) is 0 Å². The van der Waals surface area contributed by atoms with Crippen LogP contribution in [0.25, 0.3) is 0 Å². The van der Waals surface area contributed by atoms with Crippen LogP contribution in [0.3, 0.4) is 0 Å². The lowest BCUT2D eigenvalue weighted by atomic mass is 10.3. The zero-order valence-electron chi connectivity index (χ0n) is 7.86. The predicted octanol–water partition coefficient (Wildman–Crippen LogP) is 1.73. The zero-order valence-corrected chi connectivity index (χ0v) is 8.67. The molecule has 0 amide bonds. The van der Waals surface area contributed by atoms with Crippen molar-refractivity contribution in [1.29, 1.82) is 0 Å². The van der Waals surface area contributed by atoms with Crippen molar-refractivity contribution >= 4 is 11.3 Å². The number of rotatable bonds is 4. The standard InChI is InChI=1S/C9H11N3OS/c1-7-11-9(13-12-7)5-10-4-8-2-3-14-6-8/h2-3,6,10H,4-5H2,1H3. The molecule has 4 nitrogen and oxygen atoms in total. The predicted molar refractivity (Wildman–Crippen MR) is 53.9 cm³/mol. The highest BCUT2D eigenvalue weighted by Crippen LogP contribution is 2.05. The molecule has 0 aromatic carbocycles. The third-order valence-corrected chi connectivity index (χ3v) is 2.49. The summed E-state index contributed by atoms with van der Waals surface area (Å²) in [6.07, 6.45) is 0. The number of nitrogens with one attached hydrogen (secondary N) is 1. The minimum atomic E-state index is 0.622. The minimum Gasteiger partial charge on any atom is -0.338 e. The molecule has 2 aromatic heterocycles. The molecule has 2 rings (SSSR count). The summed E-state index contributed by atoms with van der Waals surface area (Å²) in [5.41, 5.74) is 1.28. The minimum absolute atomic E-state index is 0.622. The van der Waals surface area contributed by atoms with Crippen LogP contribution >= 0.6 is 11.3 Å². The summed E-state index contributed by atoms with van der Waals surface area (Å²) in [7, 11) is 0. The van der Waals surface area contributed by atoms with Gasteiger partial charge in [0.25, 0.3) is 0 Å². The topological polar surface area (TPSA) is 51.0 Å². The summed E-state index contributed by atoms with van der Waals surface area (Å²) in [6, 6.07) is 2.09. The molecule has 14 heavy (non-hydrogen) atoms. The van der Waals surface area contributed by atoms with E-state index < -0.39 is 0 Å². The van der Waals surface area contributed by atoms with Crippen LogP contribution < -0.4 is 5.32 Å². The Morgan fingerprint density at radius 2 is 2.43 bits per heavy atom. The SMILES string of the molecule is Cc1noc(CNCc2ccsc2)n1. The quantitative estimate of drug-likeness (QED) is 0.833. The Morgan fingerprint density at radius 3 is 3.07 bits per heavy atom. The lowest BCUT2D eigenvalue weighted by Crippen LogP contribution is -2.12. The average Bonchev–Trinajstić information content (AvgIpc) is 2.77. The fourth-order valence-electron chi connectivity index (χ4n) is 1.12. The number of thiophene rings is 1. The fourth-order valence-corrected chi connectivity index (χ4v) is 1.79. The van der Waals surface area contributed by atoms with Crippen LogP contribution in [0.4, 0.5) is 0 Å². The number of aromatic nitrogens is 2. The van der Waals surface area contributed by atoms with Crippen molar-refractivity contribution in [1.82, 2.24) is 15.5 Å². The van der Waals surface area contributed by atoms with Crippen LogP contribution in [0, 0.1) is 6.92 Å². The first-order valence-corrected chi connectivity index (χ1v) is 5.30. The molecule has 0 aliphatic heterocycles. The van der Waals surface area contributed by atoms with Gasteiger partial charge in [0, 0.05) is 6.54 Å². The third kappa shape index (κ3) is 2.40. The van der Waals surface area contributed by atoms with Gasteiger partial charge in [-0.25, -0.2) is 0 Å². The van der Waals surface area contributed by atoms with Gasteiger partial charge in [0.1, 0.15) is 0 Å². The molecule has 74 valence electrons. The van der Waals surface area contributed by atoms with Crippen LogP contribution in [0.1, 0.15) is 17.3 Å². The average molecular weight is 209 g/mol. The number of aryl methyl sites for hydroxylation is 1. The van der Waals surface area contributed by atoms with Gasteiger partial charge in [0.2, 0.25) is 5.89 Å². The van der Waals surface area contributed by atoms with Gasteiger partial charge in [-0.2, -0.15) is 16.3 Å². The zero-order chi connectivity index (χ0) is 9.80. The van der Waals surface area contributed by atoms with E-state index in [1.807, 2.05) is 6.92 Å². The Kier molecular flexibility index (Phi) is 2.90. The highest BCUT2D eigenvalue weighted by atomic mass is 32.1. The lowest BCUT2D eigenvalue weighted by molar-refractivity contribution is 0.364. The van der Waals surface area contributed by atoms with E-state index in [1.54, 1.807) is 11.3 Å². The first-order valence-electron chi connectivity index (χ1n) is 4.35. The Morgan fingerprint density at radius 1 is 1.50 bits per heavy atom. The molecule has 0 bridgehead atoms. The largest absolute Gasteiger partial charge is 0.338 e. The Balaban J connectivity index is 1.78. The summed E-state index contributed by atoms with van der Waals surface area (Å²) in [4.78, 5) is 4.09. The van der Waals surface area contributed by atoms with Crippen LogP contribution in [0.15, 0.2) is 21.3 Å². The molecule has 0 fully saturated rings. The Hall–Kier alpha value is -1.20. The first-order chi connectivity index (χ1) is 6.84. The smallest absolute Gasteiger partial charge is 0.240 e. The molecule has 2 heterocycles. The van der Waals surface area contributed by atoms with Crippen molar-refractivity contribution in [2.45, 2.75) is 20.0 Å². The second kappa shape index (κ2) is 4.34. The van der Waals surface area contributed by atoms with Crippen LogP contribution in [0.2, 0.25) is 0 Å². The summed E-state index contributed by atoms with van der Waals surface area (Å²) in [5, 5.41) is 11.1. The molecular formula is C9H11N3OS. The van der Waals surface area contributed by atoms with Crippen molar-refractivity contribution in [3.8, 4) is 0 Å². The van der Waals surface area contributed by atoms with Crippen molar-refractivity contribution in [3.63, 3.8) is 0 Å². The summed E-state index contributed by atoms with van der Waals surface area (Å²) in [6.45, 7) is 3.27. The maximum absolute atomic E-state index is 4.96. The van der Waals surface area contributed by atoms with Gasteiger partial charge in [-0.3, -0.25) is 0 Å². The van der Waals surface area contributed by atoms with E-state index in [9.17, 15) is 0 Å². The summed E-state index contributed by atoms with van der Waals surface area (Å²) < 4.78 is 4.96. The molecule has 5 heteroatoms. The molecule has 0 spiro atoms. The monoisotopic (exact) mass is 209 g/mol. The maximum Gasteiger partial charge on any atom is 0.240 e. The molecule has 1 N–H and O–H groups in total. The highest BCUT2D eigenvalue weighted by Gasteiger charge is 2.01. The molecule has 0 aliphatic carbocycles. The van der Waals surface area contributed by atoms with Crippen LogP contribution in [-0.4, -0.2) is 10.1 Å². The van der Waals surface area contributed by atoms with Gasteiger partial charge < -0.3 is 9.84 Å². The highest BCUT2D eigenvalue weighted by molar-refractivity contribution is 7.07. The summed E-state index contributed by atoms with van der Waals surface area (Å²) in [5.74, 6) is 1.31. The lowest BCUT2D eigenvalue weighted by Gasteiger charge is -1.97. The van der Waals surface area contributed by atoms with Crippen molar-refractivity contribution in [3.05, 3.63) is 34.1 Å². The van der Waals surface area contributed by atoms with E-state index in [1.165, 1.54) is 5.56 Å². The molecule has 0 saturated heterocycles. The Labute approximate surface area is 86.0 Å². The molecule has 0 unspecified atom stereocenters. The van der Waals surface area contributed by atoms with E-state index in [-0.39, 0.29) is 0 Å². The van der Waals surface area contributed by atoms with Crippen molar-refractivity contribution < 1.29 is 4.52 Å². The molecule has 0 atom stereocenters. The second-order valence-electron chi connectivity index (χ2n) is 2.97. The Bertz CT molecular complexity index is 382. The molecule has 0 aliphatic rings. The van der Waals surface area contributed by atoms with Gasteiger partial charge in [0.15, 0.2) is 5.82 Å². The van der Waals surface area contributed by atoms with Gasteiger partial charge in [0.05, 0.1) is 6.54 Å². The number of hydrogen-bond acceptors (Lipinski definition) is 5.